The van der Waals surface area contributed by atoms with Crippen molar-refractivity contribution in [2.45, 2.75) is 63.1 Å². The first-order chi connectivity index (χ1) is 17.0. The Bertz CT molecular complexity index is 1150. The molecule has 2 aromatic rings. The number of hydrogen-bond donors (Lipinski definition) is 0. The normalized spacial score (nSPS) is 27.7. The highest BCUT2D eigenvalue weighted by molar-refractivity contribution is 5.70. The van der Waals surface area contributed by atoms with E-state index in [1.54, 1.807) is 14.2 Å². The second-order valence-electron chi connectivity index (χ2n) is 10.0. The van der Waals surface area contributed by atoms with Crippen LogP contribution in [0.1, 0.15) is 61.8 Å². The predicted molar refractivity (Wildman–Crippen MR) is 130 cm³/mol. The molecule has 0 N–H and O–H groups in total. The van der Waals surface area contributed by atoms with Crippen molar-refractivity contribution in [3.8, 4) is 28.7 Å². The molecular weight excluding hydrogens is 448 g/mol. The fraction of sp³-hybridized carbons (Fsp3) is 0.500. The summed E-state index contributed by atoms with van der Waals surface area (Å²) in [7, 11) is 3.27. The van der Waals surface area contributed by atoms with Gasteiger partial charge in [0.1, 0.15) is 35.6 Å². The average molecular weight is 481 g/mol. The lowest BCUT2D eigenvalue weighted by atomic mass is 9.79. The zero-order chi connectivity index (χ0) is 24.2. The maximum absolute atomic E-state index is 6.75. The third-order valence-electron chi connectivity index (χ3n) is 7.23. The highest BCUT2D eigenvalue weighted by Gasteiger charge is 2.47. The molecule has 2 aromatic carbocycles. The van der Waals surface area contributed by atoms with Crippen LogP contribution in [0.3, 0.4) is 0 Å². The van der Waals surface area contributed by atoms with Gasteiger partial charge in [0.05, 0.1) is 31.8 Å². The van der Waals surface area contributed by atoms with Gasteiger partial charge in [-0.25, -0.2) is 0 Å². The molecule has 0 saturated carbocycles. The molecular formula is C28H32O7. The van der Waals surface area contributed by atoms with Crippen LogP contribution in [-0.4, -0.2) is 45.4 Å². The number of benzene rings is 2. The third kappa shape index (κ3) is 3.91. The van der Waals surface area contributed by atoms with Crippen LogP contribution in [-0.2, 0) is 9.47 Å². The average Bonchev–Trinajstić information content (AvgIpc) is 2.87. The first kappa shape index (κ1) is 22.6. The van der Waals surface area contributed by atoms with Gasteiger partial charge in [-0.05, 0) is 63.5 Å². The topological polar surface area (TPSA) is 64.6 Å². The monoisotopic (exact) mass is 480 g/mol. The SMILES string of the molecule is COc1cc2c(cc1OC)[C@@H]1[C@H](OC3CCCCO3)c3ccc4c(c3O[C@@H]1CO2)C=CC(C)(C)O4. The van der Waals surface area contributed by atoms with Gasteiger partial charge < -0.3 is 33.2 Å². The lowest BCUT2D eigenvalue weighted by molar-refractivity contribution is -0.204. The molecule has 6 rings (SSSR count). The molecule has 1 saturated heterocycles. The molecule has 4 aliphatic rings. The fourth-order valence-corrected chi connectivity index (χ4v) is 5.49. The van der Waals surface area contributed by atoms with Crippen LogP contribution < -0.4 is 23.7 Å². The smallest absolute Gasteiger partial charge is 0.164 e. The molecule has 7 nitrogen and oxygen atoms in total. The maximum atomic E-state index is 6.75. The summed E-state index contributed by atoms with van der Waals surface area (Å²) in [5, 5.41) is 0. The van der Waals surface area contributed by atoms with Gasteiger partial charge in [0.15, 0.2) is 17.8 Å². The molecule has 0 amide bonds. The predicted octanol–water partition coefficient (Wildman–Crippen LogP) is 5.41. The molecule has 1 fully saturated rings. The van der Waals surface area contributed by atoms with E-state index in [1.807, 2.05) is 32.0 Å². The second kappa shape index (κ2) is 8.64. The standard InChI is InChI=1S/C28H32O7/c1-28(2)11-10-16-19(35-28)9-8-17-26(16)33-23-15-32-20-14-22(30-4)21(29-3)13-18(20)25(23)27(17)34-24-7-5-6-12-31-24/h8-11,13-14,23-25,27H,5-7,12,15H2,1-4H3/t23-,24?,25+,27-/m1/s1. The zero-order valence-electron chi connectivity index (χ0n) is 20.7. The summed E-state index contributed by atoms with van der Waals surface area (Å²) in [6.07, 6.45) is 6.42. The van der Waals surface area contributed by atoms with E-state index in [0.29, 0.717) is 18.1 Å². The summed E-state index contributed by atoms with van der Waals surface area (Å²) < 4.78 is 42.9. The Labute approximate surface area is 205 Å². The van der Waals surface area contributed by atoms with Gasteiger partial charge in [0.2, 0.25) is 0 Å². The molecule has 1 unspecified atom stereocenters. The van der Waals surface area contributed by atoms with E-state index in [1.165, 1.54) is 0 Å². The molecule has 0 aromatic heterocycles. The van der Waals surface area contributed by atoms with Crippen LogP contribution in [0.5, 0.6) is 28.7 Å². The molecule has 4 aliphatic heterocycles. The number of ether oxygens (including phenoxy) is 7. The molecule has 0 spiro atoms. The molecule has 4 atom stereocenters. The van der Waals surface area contributed by atoms with Crippen LogP contribution in [0.2, 0.25) is 0 Å². The Kier molecular flexibility index (Phi) is 5.57. The lowest BCUT2D eigenvalue weighted by Gasteiger charge is -2.45. The van der Waals surface area contributed by atoms with E-state index in [4.69, 9.17) is 33.2 Å². The molecule has 7 heteroatoms. The molecule has 0 aliphatic carbocycles. The summed E-state index contributed by atoms with van der Waals surface area (Å²) in [4.78, 5) is 0. The van der Waals surface area contributed by atoms with E-state index in [9.17, 15) is 0 Å². The third-order valence-corrected chi connectivity index (χ3v) is 7.23. The zero-order valence-corrected chi connectivity index (χ0v) is 20.7. The van der Waals surface area contributed by atoms with Crippen LogP contribution in [0.15, 0.2) is 30.3 Å². The van der Waals surface area contributed by atoms with Crippen LogP contribution in [0.4, 0.5) is 0 Å². The highest BCUT2D eigenvalue weighted by Crippen LogP contribution is 2.55. The Balaban J connectivity index is 1.47. The fourth-order valence-electron chi connectivity index (χ4n) is 5.49. The van der Waals surface area contributed by atoms with Gasteiger partial charge >= 0.3 is 0 Å². The summed E-state index contributed by atoms with van der Waals surface area (Å²) in [6.45, 7) is 5.21. The van der Waals surface area contributed by atoms with Crippen molar-refractivity contribution in [1.82, 2.24) is 0 Å². The van der Waals surface area contributed by atoms with Crippen LogP contribution in [0.25, 0.3) is 6.08 Å². The van der Waals surface area contributed by atoms with E-state index in [-0.39, 0.29) is 30.0 Å². The van der Waals surface area contributed by atoms with Gasteiger partial charge in [-0.15, -0.1) is 0 Å². The molecule has 186 valence electrons. The number of hydrogen-bond acceptors (Lipinski definition) is 7. The van der Waals surface area contributed by atoms with Crippen molar-refractivity contribution < 1.29 is 33.2 Å². The van der Waals surface area contributed by atoms with Crippen LogP contribution in [0, 0.1) is 0 Å². The van der Waals surface area contributed by atoms with Crippen molar-refractivity contribution in [1.29, 1.82) is 0 Å². The van der Waals surface area contributed by atoms with Crippen molar-refractivity contribution in [2.75, 3.05) is 27.4 Å². The molecule has 4 heterocycles. The molecule has 35 heavy (non-hydrogen) atoms. The number of methoxy groups -OCH3 is 2. The Hall–Kier alpha value is -2.90. The second-order valence-corrected chi connectivity index (χ2v) is 10.0. The summed E-state index contributed by atoms with van der Waals surface area (Å²) in [5.74, 6) is 3.55. The minimum atomic E-state index is -0.368. The maximum Gasteiger partial charge on any atom is 0.164 e. The van der Waals surface area contributed by atoms with Crippen LogP contribution >= 0.6 is 0 Å². The molecule has 0 radical (unpaired) electrons. The summed E-state index contributed by atoms with van der Waals surface area (Å²) in [5.41, 5.74) is 2.55. The first-order valence-electron chi connectivity index (χ1n) is 12.3. The van der Waals surface area contributed by atoms with Crippen molar-refractivity contribution in [2.24, 2.45) is 0 Å². The van der Waals surface area contributed by atoms with E-state index < -0.39 is 0 Å². The Morgan fingerprint density at radius 1 is 0.971 bits per heavy atom. The van der Waals surface area contributed by atoms with E-state index >= 15 is 0 Å². The van der Waals surface area contributed by atoms with Gasteiger partial charge in [0.25, 0.3) is 0 Å². The largest absolute Gasteiger partial charge is 0.493 e. The van der Waals surface area contributed by atoms with Crippen molar-refractivity contribution in [3.63, 3.8) is 0 Å². The molecule has 0 bridgehead atoms. The van der Waals surface area contributed by atoms with E-state index in [2.05, 4.69) is 18.2 Å². The van der Waals surface area contributed by atoms with Gasteiger partial charge in [-0.3, -0.25) is 0 Å². The van der Waals surface area contributed by atoms with E-state index in [0.717, 1.165) is 59.8 Å². The van der Waals surface area contributed by atoms with Crippen molar-refractivity contribution in [3.05, 3.63) is 47.0 Å². The lowest BCUT2D eigenvalue weighted by Crippen LogP contribution is -2.44. The minimum absolute atomic E-state index is 0.0976. The minimum Gasteiger partial charge on any atom is -0.493 e. The van der Waals surface area contributed by atoms with Gasteiger partial charge in [-0.1, -0.05) is 0 Å². The Morgan fingerprint density at radius 2 is 1.80 bits per heavy atom. The summed E-state index contributed by atoms with van der Waals surface area (Å²) in [6, 6.07) is 7.97. The van der Waals surface area contributed by atoms with Crippen molar-refractivity contribution >= 4 is 6.08 Å². The number of fused-ring (bicyclic) bond motifs is 6. The Morgan fingerprint density at radius 3 is 2.57 bits per heavy atom. The quantitative estimate of drug-likeness (QED) is 0.580. The summed E-state index contributed by atoms with van der Waals surface area (Å²) >= 11 is 0. The van der Waals surface area contributed by atoms with Gasteiger partial charge in [0, 0.05) is 23.8 Å². The highest BCUT2D eigenvalue weighted by atomic mass is 16.7. The number of rotatable bonds is 4. The van der Waals surface area contributed by atoms with Gasteiger partial charge in [-0.2, -0.15) is 0 Å². The first-order valence-corrected chi connectivity index (χ1v) is 12.3.